The van der Waals surface area contributed by atoms with Crippen molar-refractivity contribution >= 4 is 17.3 Å². The fourth-order valence-corrected chi connectivity index (χ4v) is 2.83. The van der Waals surface area contributed by atoms with E-state index in [1.165, 1.54) is 5.56 Å². The van der Waals surface area contributed by atoms with E-state index in [4.69, 9.17) is 0 Å². The predicted octanol–water partition coefficient (Wildman–Crippen LogP) is 3.02. The molecule has 0 saturated heterocycles. The minimum atomic E-state index is 0.171. The molecular formula is C18H20N2O. The number of carbonyl (C=O) groups is 1. The summed E-state index contributed by atoms with van der Waals surface area (Å²) in [5.74, 6) is 0.171. The van der Waals surface area contributed by atoms with Crippen LogP contribution in [0.3, 0.4) is 0 Å². The highest BCUT2D eigenvalue weighted by Gasteiger charge is 2.24. The van der Waals surface area contributed by atoms with Crippen molar-refractivity contribution in [2.24, 2.45) is 0 Å². The zero-order chi connectivity index (χ0) is 14.8. The van der Waals surface area contributed by atoms with Crippen LogP contribution in [0.1, 0.15) is 11.1 Å². The molecule has 3 nitrogen and oxygen atoms in total. The molecule has 0 bridgehead atoms. The number of amides is 1. The summed E-state index contributed by atoms with van der Waals surface area (Å²) in [7, 11) is 2.07. The van der Waals surface area contributed by atoms with Gasteiger partial charge in [-0.05, 0) is 30.2 Å². The summed E-state index contributed by atoms with van der Waals surface area (Å²) < 4.78 is 0. The molecule has 1 aliphatic rings. The van der Waals surface area contributed by atoms with Crippen LogP contribution in [0.5, 0.6) is 0 Å². The summed E-state index contributed by atoms with van der Waals surface area (Å²) in [6.07, 6.45) is 0.463. The van der Waals surface area contributed by atoms with Crippen LogP contribution in [0, 0.1) is 6.92 Å². The van der Waals surface area contributed by atoms with Crippen LogP contribution in [0.4, 0.5) is 11.4 Å². The lowest BCUT2D eigenvalue weighted by Crippen LogP contribution is -2.43. The third-order valence-electron chi connectivity index (χ3n) is 4.15. The first-order valence-electron chi connectivity index (χ1n) is 7.32. The monoisotopic (exact) mass is 280 g/mol. The number of likely N-dealkylation sites (N-methyl/N-ethyl adjacent to an activating group) is 1. The van der Waals surface area contributed by atoms with Crippen molar-refractivity contribution in [2.75, 3.05) is 29.9 Å². The SMILES string of the molecule is Cc1ccccc1CC(=O)N1CCN(C)c2ccccc21. The van der Waals surface area contributed by atoms with Crippen molar-refractivity contribution in [1.29, 1.82) is 0 Å². The van der Waals surface area contributed by atoms with E-state index in [-0.39, 0.29) is 5.91 Å². The second-order valence-electron chi connectivity index (χ2n) is 5.56. The number of carbonyl (C=O) groups excluding carboxylic acids is 1. The number of hydrogen-bond acceptors (Lipinski definition) is 2. The molecule has 0 atom stereocenters. The number of fused-ring (bicyclic) bond motifs is 1. The third-order valence-corrected chi connectivity index (χ3v) is 4.15. The molecule has 0 fully saturated rings. The Hall–Kier alpha value is -2.29. The molecule has 1 amide bonds. The molecule has 21 heavy (non-hydrogen) atoms. The summed E-state index contributed by atoms with van der Waals surface area (Å²) in [6.45, 7) is 3.68. The van der Waals surface area contributed by atoms with Gasteiger partial charge in [-0.2, -0.15) is 0 Å². The molecular weight excluding hydrogens is 260 g/mol. The standard InChI is InChI=1S/C18H20N2O/c1-14-7-3-4-8-15(14)13-18(21)20-12-11-19(2)16-9-5-6-10-17(16)20/h3-10H,11-13H2,1-2H3. The Morgan fingerprint density at radius 1 is 1.00 bits per heavy atom. The first-order chi connectivity index (χ1) is 10.2. The van der Waals surface area contributed by atoms with E-state index in [0.29, 0.717) is 6.42 Å². The van der Waals surface area contributed by atoms with Gasteiger partial charge >= 0.3 is 0 Å². The molecule has 1 heterocycles. The molecule has 0 saturated carbocycles. The van der Waals surface area contributed by atoms with E-state index in [2.05, 4.69) is 31.0 Å². The smallest absolute Gasteiger partial charge is 0.231 e. The molecule has 3 heteroatoms. The van der Waals surface area contributed by atoms with Crippen LogP contribution in [0.15, 0.2) is 48.5 Å². The zero-order valence-electron chi connectivity index (χ0n) is 12.5. The summed E-state index contributed by atoms with van der Waals surface area (Å²) in [5.41, 5.74) is 4.43. The van der Waals surface area contributed by atoms with Crippen LogP contribution in [-0.4, -0.2) is 26.0 Å². The van der Waals surface area contributed by atoms with Crippen LogP contribution < -0.4 is 9.80 Å². The third kappa shape index (κ3) is 2.64. The van der Waals surface area contributed by atoms with E-state index in [9.17, 15) is 4.79 Å². The molecule has 108 valence electrons. The van der Waals surface area contributed by atoms with Gasteiger partial charge in [-0.3, -0.25) is 4.79 Å². The van der Waals surface area contributed by atoms with Crippen LogP contribution in [0.2, 0.25) is 0 Å². The van der Waals surface area contributed by atoms with Gasteiger partial charge in [0.25, 0.3) is 0 Å². The first-order valence-corrected chi connectivity index (χ1v) is 7.32. The van der Waals surface area contributed by atoms with E-state index < -0.39 is 0 Å². The van der Waals surface area contributed by atoms with E-state index in [1.54, 1.807) is 0 Å². The maximum absolute atomic E-state index is 12.7. The molecule has 2 aromatic rings. The highest BCUT2D eigenvalue weighted by molar-refractivity contribution is 5.99. The molecule has 0 aromatic heterocycles. The van der Waals surface area contributed by atoms with E-state index in [1.807, 2.05) is 41.3 Å². The molecule has 1 aliphatic heterocycles. The molecule has 0 aliphatic carbocycles. The molecule has 2 aromatic carbocycles. The maximum Gasteiger partial charge on any atom is 0.231 e. The molecule has 0 spiro atoms. The lowest BCUT2D eigenvalue weighted by atomic mass is 10.0. The van der Waals surface area contributed by atoms with Gasteiger partial charge in [0, 0.05) is 20.1 Å². The summed E-state index contributed by atoms with van der Waals surface area (Å²) in [4.78, 5) is 16.8. The quantitative estimate of drug-likeness (QED) is 0.844. The van der Waals surface area contributed by atoms with Crippen molar-refractivity contribution in [3.63, 3.8) is 0 Å². The Bertz CT molecular complexity index is 666. The van der Waals surface area contributed by atoms with Gasteiger partial charge in [0.2, 0.25) is 5.91 Å². The zero-order valence-corrected chi connectivity index (χ0v) is 12.5. The Labute approximate surface area is 125 Å². The summed E-state index contributed by atoms with van der Waals surface area (Å²) in [5, 5.41) is 0. The maximum atomic E-state index is 12.7. The average Bonchev–Trinajstić information content (AvgIpc) is 2.50. The number of rotatable bonds is 2. The Kier molecular flexibility index (Phi) is 3.65. The van der Waals surface area contributed by atoms with Crippen molar-refractivity contribution < 1.29 is 4.79 Å². The van der Waals surface area contributed by atoms with Gasteiger partial charge in [0.15, 0.2) is 0 Å². The van der Waals surface area contributed by atoms with Crippen LogP contribution in [-0.2, 0) is 11.2 Å². The molecule has 0 N–H and O–H groups in total. The fourth-order valence-electron chi connectivity index (χ4n) is 2.83. The number of aryl methyl sites for hydroxylation is 1. The van der Waals surface area contributed by atoms with Gasteiger partial charge < -0.3 is 9.80 Å². The minimum Gasteiger partial charge on any atom is -0.371 e. The Morgan fingerprint density at radius 3 is 2.43 bits per heavy atom. The Morgan fingerprint density at radius 2 is 1.67 bits per heavy atom. The van der Waals surface area contributed by atoms with Crippen molar-refractivity contribution in [3.05, 3.63) is 59.7 Å². The van der Waals surface area contributed by atoms with Crippen LogP contribution in [0.25, 0.3) is 0 Å². The predicted molar refractivity (Wildman–Crippen MR) is 86.9 cm³/mol. The van der Waals surface area contributed by atoms with Gasteiger partial charge in [-0.1, -0.05) is 36.4 Å². The van der Waals surface area contributed by atoms with Crippen LogP contribution >= 0.6 is 0 Å². The minimum absolute atomic E-state index is 0.171. The van der Waals surface area contributed by atoms with Gasteiger partial charge in [-0.15, -0.1) is 0 Å². The largest absolute Gasteiger partial charge is 0.371 e. The highest BCUT2D eigenvalue weighted by atomic mass is 16.2. The molecule has 0 radical (unpaired) electrons. The van der Waals surface area contributed by atoms with Gasteiger partial charge in [0.05, 0.1) is 17.8 Å². The summed E-state index contributed by atoms with van der Waals surface area (Å²) >= 11 is 0. The Balaban J connectivity index is 1.86. The second-order valence-corrected chi connectivity index (χ2v) is 5.56. The number of nitrogens with zero attached hydrogens (tertiary/aromatic N) is 2. The van der Waals surface area contributed by atoms with E-state index >= 15 is 0 Å². The average molecular weight is 280 g/mol. The van der Waals surface area contributed by atoms with Crippen molar-refractivity contribution in [3.8, 4) is 0 Å². The number of anilines is 2. The number of para-hydroxylation sites is 2. The van der Waals surface area contributed by atoms with Crippen molar-refractivity contribution in [2.45, 2.75) is 13.3 Å². The molecule has 3 rings (SSSR count). The summed E-state index contributed by atoms with van der Waals surface area (Å²) in [6, 6.07) is 16.2. The van der Waals surface area contributed by atoms with Gasteiger partial charge in [0.1, 0.15) is 0 Å². The lowest BCUT2D eigenvalue weighted by Gasteiger charge is -2.35. The fraction of sp³-hybridized carbons (Fsp3) is 0.278. The topological polar surface area (TPSA) is 23.6 Å². The first kappa shape index (κ1) is 13.7. The van der Waals surface area contributed by atoms with Crippen molar-refractivity contribution in [1.82, 2.24) is 0 Å². The second kappa shape index (κ2) is 5.60. The van der Waals surface area contributed by atoms with E-state index in [0.717, 1.165) is 30.0 Å². The highest BCUT2D eigenvalue weighted by Crippen LogP contribution is 2.32. The normalized spacial score (nSPS) is 14.0. The number of benzene rings is 2. The lowest BCUT2D eigenvalue weighted by molar-refractivity contribution is -0.118. The van der Waals surface area contributed by atoms with Gasteiger partial charge in [-0.25, -0.2) is 0 Å². The molecule has 0 unspecified atom stereocenters. The number of hydrogen-bond donors (Lipinski definition) is 0.